The molecule has 2 fully saturated rings. The molecule has 64 heavy (non-hydrogen) atoms. The number of rotatable bonds is 8. The summed E-state index contributed by atoms with van der Waals surface area (Å²) in [5.41, 5.74) is 3.86. The quantitative estimate of drug-likeness (QED) is 0.160. The second-order valence-electron chi connectivity index (χ2n) is 16.6. The SMILES string of the molecule is Cc1c(Cl)c2c(Cl)c(C)c1-c1c(-c3ccc(F)cc3)sc3ncnc(c13)O[C@@H](C(=O)O)Cc1cc(ccc1OCN1C=CC=NC1[C@@H]1CCCCO1)OC[C@@H](CN1CCN(C)CC1)O2. The summed E-state index contributed by atoms with van der Waals surface area (Å²) in [7, 11) is 2.11. The van der Waals surface area contributed by atoms with Gasteiger partial charge in [0, 0.05) is 74.2 Å². The fourth-order valence-electron chi connectivity index (χ4n) is 8.75. The number of carbonyl (C=O) groups is 1. The van der Waals surface area contributed by atoms with Crippen LogP contribution in [-0.2, 0) is 16.0 Å². The van der Waals surface area contributed by atoms with Crippen LogP contribution in [-0.4, -0.2) is 126 Å². The molecule has 13 nitrogen and oxygen atoms in total. The number of piperazine rings is 1. The van der Waals surface area contributed by atoms with Gasteiger partial charge >= 0.3 is 5.97 Å². The average molecular weight is 932 g/mol. The largest absolute Gasteiger partial charge is 0.490 e. The first-order valence-electron chi connectivity index (χ1n) is 21.5. The summed E-state index contributed by atoms with van der Waals surface area (Å²) in [6, 6.07) is 11.5. The number of ether oxygens (including phenoxy) is 5. The van der Waals surface area contributed by atoms with Gasteiger partial charge in [-0.2, -0.15) is 0 Å². The molecule has 3 aromatic carbocycles. The minimum Gasteiger partial charge on any atom is -0.490 e. The Morgan fingerprint density at radius 3 is 2.52 bits per heavy atom. The van der Waals surface area contributed by atoms with Gasteiger partial charge in [-0.05, 0) is 98.8 Å². The first-order chi connectivity index (χ1) is 31.0. The number of aliphatic imine (C=N–C) groups is 1. The molecular weight excluding hydrogens is 883 g/mol. The van der Waals surface area contributed by atoms with E-state index in [4.69, 9.17) is 51.9 Å². The predicted octanol–water partition coefficient (Wildman–Crippen LogP) is 8.68. The first kappa shape index (κ1) is 44.2. The molecule has 0 radical (unpaired) electrons. The molecule has 4 atom stereocenters. The molecule has 0 amide bonds. The summed E-state index contributed by atoms with van der Waals surface area (Å²) >= 11 is 16.0. The van der Waals surface area contributed by atoms with Crippen molar-refractivity contribution in [2.24, 2.45) is 4.99 Å². The molecule has 0 saturated carbocycles. The summed E-state index contributed by atoms with van der Waals surface area (Å²) in [5, 5.41) is 11.9. The van der Waals surface area contributed by atoms with Crippen LogP contribution in [0.3, 0.4) is 0 Å². The van der Waals surface area contributed by atoms with E-state index < -0.39 is 24.0 Å². The number of nitrogens with zero attached hydrogens (tertiary/aromatic N) is 6. The number of benzene rings is 3. The third kappa shape index (κ3) is 9.24. The van der Waals surface area contributed by atoms with E-state index in [9.17, 15) is 14.3 Å². The van der Waals surface area contributed by atoms with Gasteiger partial charge in [0.15, 0.2) is 12.5 Å². The van der Waals surface area contributed by atoms with Crippen LogP contribution >= 0.6 is 34.5 Å². The van der Waals surface area contributed by atoms with Crippen molar-refractivity contribution in [2.75, 3.05) is 59.7 Å². The van der Waals surface area contributed by atoms with E-state index in [0.717, 1.165) is 50.3 Å². The van der Waals surface area contributed by atoms with Gasteiger partial charge < -0.3 is 38.6 Å². The number of hydrogen-bond acceptors (Lipinski definition) is 13. The van der Waals surface area contributed by atoms with Crippen molar-refractivity contribution in [3.8, 4) is 44.7 Å². The smallest absolute Gasteiger partial charge is 0.345 e. The maximum atomic E-state index is 14.4. The second-order valence-corrected chi connectivity index (χ2v) is 18.3. The number of halogens is 3. The molecule has 4 bridgehead atoms. The van der Waals surface area contributed by atoms with Crippen LogP contribution in [0.15, 0.2) is 66.1 Å². The number of carboxylic acids is 1. The highest BCUT2D eigenvalue weighted by molar-refractivity contribution is 7.22. The molecule has 17 heteroatoms. The van der Waals surface area contributed by atoms with Crippen LogP contribution in [0.2, 0.25) is 10.0 Å². The Kier molecular flexibility index (Phi) is 13.3. The molecule has 2 aromatic heterocycles. The Balaban J connectivity index is 1.16. The normalized spacial score (nSPS) is 21.9. The van der Waals surface area contributed by atoms with Gasteiger partial charge in [-0.3, -0.25) is 9.89 Å². The fourth-order valence-corrected chi connectivity index (χ4v) is 10.4. The number of carboxylic acid groups (broad SMARTS) is 1. The lowest BCUT2D eigenvalue weighted by Gasteiger charge is -2.36. The van der Waals surface area contributed by atoms with Crippen molar-refractivity contribution < 1.29 is 38.0 Å². The van der Waals surface area contributed by atoms with Crippen molar-refractivity contribution in [3.63, 3.8) is 0 Å². The molecule has 1 N–H and O–H groups in total. The van der Waals surface area contributed by atoms with Crippen LogP contribution in [0.25, 0.3) is 31.8 Å². The molecule has 2 saturated heterocycles. The number of thiophene rings is 1. The molecule has 5 aliphatic heterocycles. The van der Waals surface area contributed by atoms with Crippen LogP contribution < -0.4 is 18.9 Å². The number of fused-ring (bicyclic) bond motifs is 7. The highest BCUT2D eigenvalue weighted by Crippen LogP contribution is 2.53. The highest BCUT2D eigenvalue weighted by atomic mass is 35.5. The monoisotopic (exact) mass is 930 g/mol. The van der Waals surface area contributed by atoms with E-state index in [1.165, 1.54) is 29.8 Å². The van der Waals surface area contributed by atoms with Crippen molar-refractivity contribution >= 4 is 56.9 Å². The van der Waals surface area contributed by atoms with Crippen molar-refractivity contribution in [2.45, 2.75) is 64.0 Å². The summed E-state index contributed by atoms with van der Waals surface area (Å²) in [6.45, 7) is 8.74. The lowest BCUT2D eigenvalue weighted by atomic mass is 9.92. The van der Waals surface area contributed by atoms with Crippen LogP contribution in [0, 0.1) is 19.7 Å². The summed E-state index contributed by atoms with van der Waals surface area (Å²) in [4.78, 5) is 35.1. The topological polar surface area (TPSA) is 131 Å². The van der Waals surface area contributed by atoms with Gasteiger partial charge in [0.25, 0.3) is 0 Å². The van der Waals surface area contributed by atoms with Gasteiger partial charge in [-0.25, -0.2) is 19.2 Å². The minimum absolute atomic E-state index is 0.0430. The summed E-state index contributed by atoms with van der Waals surface area (Å²) < 4.78 is 46.9. The number of aliphatic carboxylic acids is 1. The zero-order chi connectivity index (χ0) is 44.5. The van der Waals surface area contributed by atoms with E-state index >= 15 is 0 Å². The van der Waals surface area contributed by atoms with Crippen molar-refractivity contribution in [1.82, 2.24) is 24.7 Å². The number of aromatic nitrogens is 2. The Morgan fingerprint density at radius 2 is 1.78 bits per heavy atom. The van der Waals surface area contributed by atoms with Gasteiger partial charge in [0.05, 0.1) is 21.5 Å². The van der Waals surface area contributed by atoms with Crippen LogP contribution in [0.1, 0.15) is 36.0 Å². The average Bonchev–Trinajstić information content (AvgIpc) is 3.69. The molecule has 0 aliphatic carbocycles. The molecule has 5 aromatic rings. The maximum absolute atomic E-state index is 14.4. The van der Waals surface area contributed by atoms with Crippen LogP contribution in [0.4, 0.5) is 4.39 Å². The third-order valence-electron chi connectivity index (χ3n) is 12.2. The predicted molar refractivity (Wildman–Crippen MR) is 246 cm³/mol. The summed E-state index contributed by atoms with van der Waals surface area (Å²) in [5.74, 6) is -0.314. The standard InChI is InChI=1S/C47H49Cl2FN6O7S/c1-27-37-28(2)41(49)42(40(27)48)62-33(23-55-18-16-54(3)17-19-55)24-60-32-12-13-34(61-26-56-15-6-14-51-44(56)35-7-4-5-20-59-35)30(21-32)22-36(47(57)58)63-45-39-38(37)43(64-46(39)53-25-52-45)29-8-10-31(50)11-9-29/h6,8-15,21,25,33,35-36,44H,4-5,7,16-20,22-24,26H2,1-3H3,(H,57,58)/t33-,35+,36-,44?/m1/s1. The van der Waals surface area contributed by atoms with E-state index in [1.807, 2.05) is 31.0 Å². The van der Waals surface area contributed by atoms with E-state index in [-0.39, 0.29) is 37.9 Å². The van der Waals surface area contributed by atoms with E-state index in [2.05, 4.69) is 26.8 Å². The molecule has 5 aliphatic rings. The zero-order valence-corrected chi connectivity index (χ0v) is 38.1. The van der Waals surface area contributed by atoms with Crippen LogP contribution in [0.5, 0.6) is 23.1 Å². The van der Waals surface area contributed by atoms with Gasteiger partial charge in [-0.1, -0.05) is 35.3 Å². The lowest BCUT2D eigenvalue weighted by Crippen LogP contribution is -2.49. The first-order valence-corrected chi connectivity index (χ1v) is 23.0. The van der Waals surface area contributed by atoms with Gasteiger partial charge in [0.1, 0.15) is 47.4 Å². The number of likely N-dealkylation sites (N-methyl/N-ethyl adjacent to an activating group) is 1. The van der Waals surface area contributed by atoms with E-state index in [0.29, 0.717) is 84.0 Å². The maximum Gasteiger partial charge on any atom is 0.345 e. The third-order valence-corrected chi connectivity index (χ3v) is 14.3. The molecule has 7 heterocycles. The summed E-state index contributed by atoms with van der Waals surface area (Å²) in [6.07, 6.45) is 7.43. The van der Waals surface area contributed by atoms with Gasteiger partial charge in [0.2, 0.25) is 12.0 Å². The Labute approximate surface area is 385 Å². The molecule has 1 unspecified atom stereocenters. The fraction of sp³-hybridized carbons (Fsp3) is 0.404. The lowest BCUT2D eigenvalue weighted by molar-refractivity contribution is -0.145. The Bertz CT molecular complexity index is 2550. The second kappa shape index (κ2) is 19.2. The molecule has 336 valence electrons. The van der Waals surface area contributed by atoms with Gasteiger partial charge in [-0.15, -0.1) is 11.3 Å². The number of hydrogen-bond donors (Lipinski definition) is 1. The Morgan fingerprint density at radius 1 is 1.00 bits per heavy atom. The minimum atomic E-state index is -1.44. The van der Waals surface area contributed by atoms with Crippen molar-refractivity contribution in [3.05, 3.63) is 93.6 Å². The van der Waals surface area contributed by atoms with E-state index in [1.54, 1.807) is 36.5 Å². The Hall–Kier alpha value is -5.03. The zero-order valence-electron chi connectivity index (χ0n) is 35.8. The number of allylic oxidation sites excluding steroid dienone is 1. The molecular formula is C47H49Cl2FN6O7S. The molecule has 10 rings (SSSR count). The molecule has 0 spiro atoms. The highest BCUT2D eigenvalue weighted by Gasteiger charge is 2.33. The van der Waals surface area contributed by atoms with Crippen molar-refractivity contribution in [1.29, 1.82) is 0 Å².